The lowest BCUT2D eigenvalue weighted by Crippen LogP contribution is -2.23. The molecule has 7 nitrogen and oxygen atoms in total. The molecule has 0 saturated carbocycles. The van der Waals surface area contributed by atoms with Crippen LogP contribution in [0.25, 0.3) is 21.7 Å². The number of pyridine rings is 1. The quantitative estimate of drug-likeness (QED) is 0.552. The summed E-state index contributed by atoms with van der Waals surface area (Å²) in [7, 11) is 0. The maximum Gasteiger partial charge on any atom is 0.259 e. The zero-order valence-corrected chi connectivity index (χ0v) is 17.2. The molecule has 4 aromatic heterocycles. The Hall–Kier alpha value is -3.00. The van der Waals surface area contributed by atoms with Gasteiger partial charge in [0.15, 0.2) is 0 Å². The van der Waals surface area contributed by atoms with E-state index < -0.39 is 0 Å². The maximum absolute atomic E-state index is 13.1. The van der Waals surface area contributed by atoms with Gasteiger partial charge in [0.05, 0.1) is 39.5 Å². The summed E-state index contributed by atoms with van der Waals surface area (Å²) >= 11 is 1.63. The van der Waals surface area contributed by atoms with Gasteiger partial charge in [0.2, 0.25) is 0 Å². The Bertz CT molecular complexity index is 1200. The number of carbonyl (C=O) groups excluding carboxylic acids is 1. The van der Waals surface area contributed by atoms with Crippen LogP contribution in [-0.4, -0.2) is 25.6 Å². The van der Waals surface area contributed by atoms with Gasteiger partial charge in [0.1, 0.15) is 5.82 Å². The SMILES string of the molecule is Cc1ccc(-c2cc(C(=O)NCc3cn4c(n3)CCCC4)c3c(C)noc3n2)s1. The molecule has 8 heteroatoms. The van der Waals surface area contributed by atoms with Crippen molar-refractivity contribution in [2.24, 2.45) is 0 Å². The number of amides is 1. The summed E-state index contributed by atoms with van der Waals surface area (Å²) in [6, 6.07) is 5.87. The van der Waals surface area contributed by atoms with Crippen molar-refractivity contribution in [3.63, 3.8) is 0 Å². The number of aryl methyl sites for hydroxylation is 4. The average Bonchev–Trinajstić information content (AvgIpc) is 3.43. The number of carbonyl (C=O) groups is 1. The highest BCUT2D eigenvalue weighted by Gasteiger charge is 2.20. The third kappa shape index (κ3) is 3.33. The summed E-state index contributed by atoms with van der Waals surface area (Å²) in [6.45, 7) is 5.26. The number of imidazole rings is 1. The van der Waals surface area contributed by atoms with Crippen molar-refractivity contribution in [2.45, 2.75) is 46.2 Å². The van der Waals surface area contributed by atoms with Crippen molar-refractivity contribution >= 4 is 28.3 Å². The lowest BCUT2D eigenvalue weighted by molar-refractivity contribution is 0.0952. The van der Waals surface area contributed by atoms with Crippen LogP contribution in [0.4, 0.5) is 0 Å². The minimum Gasteiger partial charge on any atom is -0.346 e. The summed E-state index contributed by atoms with van der Waals surface area (Å²) in [6.07, 6.45) is 5.40. The lowest BCUT2D eigenvalue weighted by atomic mass is 10.1. The fourth-order valence-electron chi connectivity index (χ4n) is 3.80. The molecular formula is C21H21N5O2S. The highest BCUT2D eigenvalue weighted by Crippen LogP contribution is 2.31. The molecule has 0 aliphatic carbocycles. The van der Waals surface area contributed by atoms with Crippen LogP contribution in [0.1, 0.15) is 45.3 Å². The average molecular weight is 407 g/mol. The van der Waals surface area contributed by atoms with E-state index in [-0.39, 0.29) is 5.91 Å². The Morgan fingerprint density at radius 1 is 1.28 bits per heavy atom. The van der Waals surface area contributed by atoms with Crippen LogP contribution in [0.5, 0.6) is 0 Å². The van der Waals surface area contributed by atoms with Crippen molar-refractivity contribution < 1.29 is 9.32 Å². The number of nitrogens with zero attached hydrogens (tertiary/aromatic N) is 4. The number of rotatable bonds is 4. The van der Waals surface area contributed by atoms with Gasteiger partial charge < -0.3 is 14.4 Å². The molecule has 29 heavy (non-hydrogen) atoms. The molecule has 5 heterocycles. The highest BCUT2D eigenvalue weighted by molar-refractivity contribution is 7.15. The van der Waals surface area contributed by atoms with Crippen LogP contribution in [0, 0.1) is 13.8 Å². The van der Waals surface area contributed by atoms with E-state index in [9.17, 15) is 4.79 Å². The van der Waals surface area contributed by atoms with Crippen LogP contribution in [0.15, 0.2) is 28.9 Å². The lowest BCUT2D eigenvalue weighted by Gasteiger charge is -2.11. The number of hydrogen-bond acceptors (Lipinski definition) is 6. The molecule has 0 spiro atoms. The van der Waals surface area contributed by atoms with Gasteiger partial charge in [0, 0.05) is 24.0 Å². The second-order valence-corrected chi connectivity index (χ2v) is 8.68. The summed E-state index contributed by atoms with van der Waals surface area (Å²) in [5.41, 5.74) is 3.17. The van der Waals surface area contributed by atoms with Crippen molar-refractivity contribution in [3.8, 4) is 10.6 Å². The number of fused-ring (bicyclic) bond motifs is 2. The van der Waals surface area contributed by atoms with E-state index in [4.69, 9.17) is 4.52 Å². The van der Waals surface area contributed by atoms with Gasteiger partial charge >= 0.3 is 0 Å². The molecule has 0 bridgehead atoms. The van der Waals surface area contributed by atoms with Crippen LogP contribution >= 0.6 is 11.3 Å². The van der Waals surface area contributed by atoms with Crippen LogP contribution in [-0.2, 0) is 19.5 Å². The Labute approximate surface area is 171 Å². The molecule has 1 amide bonds. The minimum atomic E-state index is -0.177. The second-order valence-electron chi connectivity index (χ2n) is 7.40. The first-order chi connectivity index (χ1) is 14.1. The molecule has 0 saturated heterocycles. The zero-order chi connectivity index (χ0) is 20.0. The Morgan fingerprint density at radius 2 is 2.17 bits per heavy atom. The Kier molecular flexibility index (Phi) is 4.43. The topological polar surface area (TPSA) is 85.8 Å². The number of thiophene rings is 1. The molecule has 0 fully saturated rings. The first-order valence-electron chi connectivity index (χ1n) is 9.75. The predicted octanol–water partition coefficient (Wildman–Crippen LogP) is 4.03. The van der Waals surface area contributed by atoms with Crippen LogP contribution in [0.2, 0.25) is 0 Å². The van der Waals surface area contributed by atoms with Gasteiger partial charge in [-0.25, -0.2) is 9.97 Å². The third-order valence-corrected chi connectivity index (χ3v) is 6.27. The van der Waals surface area contributed by atoms with E-state index in [1.807, 2.05) is 38.2 Å². The molecule has 1 aliphatic rings. The minimum absolute atomic E-state index is 0.177. The van der Waals surface area contributed by atoms with E-state index in [0.29, 0.717) is 34.6 Å². The number of aromatic nitrogens is 4. The first-order valence-corrected chi connectivity index (χ1v) is 10.6. The molecule has 0 radical (unpaired) electrons. The second kappa shape index (κ2) is 7.11. The van der Waals surface area contributed by atoms with Crippen molar-refractivity contribution in [2.75, 3.05) is 0 Å². The summed E-state index contributed by atoms with van der Waals surface area (Å²) < 4.78 is 7.57. The smallest absolute Gasteiger partial charge is 0.259 e. The van der Waals surface area contributed by atoms with Crippen LogP contribution in [0.3, 0.4) is 0 Å². The summed E-state index contributed by atoms with van der Waals surface area (Å²) in [5.74, 6) is 0.932. The van der Waals surface area contributed by atoms with Gasteiger partial charge in [-0.15, -0.1) is 11.3 Å². The maximum atomic E-state index is 13.1. The van der Waals surface area contributed by atoms with Crippen LogP contribution < -0.4 is 5.32 Å². The van der Waals surface area contributed by atoms with E-state index in [0.717, 1.165) is 29.4 Å². The molecule has 5 rings (SSSR count). The van der Waals surface area contributed by atoms with Gasteiger partial charge in [-0.1, -0.05) is 5.16 Å². The Morgan fingerprint density at radius 3 is 2.97 bits per heavy atom. The van der Waals surface area contributed by atoms with Crippen molar-refractivity contribution in [3.05, 3.63) is 52.0 Å². The van der Waals surface area contributed by atoms with E-state index in [1.54, 1.807) is 11.3 Å². The fraction of sp³-hybridized carbons (Fsp3) is 0.333. The molecular weight excluding hydrogens is 386 g/mol. The van der Waals surface area contributed by atoms with Gasteiger partial charge in [-0.05, 0) is 44.9 Å². The predicted molar refractivity (Wildman–Crippen MR) is 111 cm³/mol. The zero-order valence-electron chi connectivity index (χ0n) is 16.4. The molecule has 0 atom stereocenters. The van der Waals surface area contributed by atoms with Gasteiger partial charge in [-0.2, -0.15) is 0 Å². The van der Waals surface area contributed by atoms with E-state index in [2.05, 4.69) is 25.0 Å². The molecule has 1 aliphatic heterocycles. The third-order valence-electron chi connectivity index (χ3n) is 5.24. The summed E-state index contributed by atoms with van der Waals surface area (Å²) in [4.78, 5) is 24.5. The number of nitrogens with one attached hydrogen (secondary N) is 1. The van der Waals surface area contributed by atoms with Crippen molar-refractivity contribution in [1.82, 2.24) is 25.0 Å². The first kappa shape index (κ1) is 18.1. The molecule has 0 aromatic carbocycles. The molecule has 148 valence electrons. The monoisotopic (exact) mass is 407 g/mol. The fourth-order valence-corrected chi connectivity index (χ4v) is 4.62. The highest BCUT2D eigenvalue weighted by atomic mass is 32.1. The summed E-state index contributed by atoms with van der Waals surface area (Å²) in [5, 5.41) is 7.68. The largest absolute Gasteiger partial charge is 0.346 e. The molecule has 4 aromatic rings. The molecule has 1 N–H and O–H groups in total. The van der Waals surface area contributed by atoms with E-state index >= 15 is 0 Å². The normalized spacial score (nSPS) is 13.6. The van der Waals surface area contributed by atoms with Gasteiger partial charge in [0.25, 0.3) is 11.6 Å². The molecule has 0 unspecified atom stereocenters. The van der Waals surface area contributed by atoms with Crippen molar-refractivity contribution in [1.29, 1.82) is 0 Å². The Balaban J connectivity index is 1.45. The standard InChI is InChI=1S/C21H21N5O2S/c1-12-6-7-17(29-12)16-9-15(19-13(2)25-28-21(19)24-16)20(27)22-10-14-11-26-8-4-3-5-18(26)23-14/h6-7,9,11H,3-5,8,10H2,1-2H3,(H,22,27). The van der Waals surface area contributed by atoms with E-state index in [1.165, 1.54) is 17.7 Å². The number of hydrogen-bond donors (Lipinski definition) is 1. The van der Waals surface area contributed by atoms with Gasteiger partial charge in [-0.3, -0.25) is 4.79 Å².